The summed E-state index contributed by atoms with van der Waals surface area (Å²) in [7, 11) is 1.47. The van der Waals surface area contributed by atoms with Crippen molar-refractivity contribution in [2.45, 2.75) is 51.6 Å². The molecule has 0 aromatic heterocycles. The Balaban J connectivity index is 3.86. The first-order chi connectivity index (χ1) is 11.1. The maximum Gasteiger partial charge on any atom is 0.319 e. The summed E-state index contributed by atoms with van der Waals surface area (Å²) >= 11 is 0. The third kappa shape index (κ3) is 11.8. The molecule has 9 heteroatoms. The molecule has 2 atom stereocenters. The molecule has 2 unspecified atom stereocenters. The van der Waals surface area contributed by atoms with Crippen LogP contribution in [0.2, 0.25) is 0 Å². The molecular formula is C15H31N5O4. The lowest BCUT2D eigenvalue weighted by Crippen LogP contribution is -2.44. The van der Waals surface area contributed by atoms with Crippen molar-refractivity contribution in [1.29, 1.82) is 0 Å². The van der Waals surface area contributed by atoms with E-state index in [1.165, 1.54) is 12.1 Å². The highest BCUT2D eigenvalue weighted by Gasteiger charge is 2.15. The van der Waals surface area contributed by atoms with E-state index in [0.29, 0.717) is 31.7 Å². The third-order valence-corrected chi connectivity index (χ3v) is 3.25. The molecule has 7 N–H and O–H groups in total. The van der Waals surface area contributed by atoms with Crippen LogP contribution in [-0.4, -0.2) is 60.1 Å². The van der Waals surface area contributed by atoms with Crippen LogP contribution in [0.3, 0.4) is 0 Å². The van der Waals surface area contributed by atoms with Crippen LogP contribution >= 0.6 is 0 Å². The predicted molar refractivity (Wildman–Crippen MR) is 90.7 cm³/mol. The highest BCUT2D eigenvalue weighted by atomic mass is 16.4. The van der Waals surface area contributed by atoms with E-state index < -0.39 is 12.0 Å². The van der Waals surface area contributed by atoms with Gasteiger partial charge in [-0.15, -0.1) is 0 Å². The molecule has 140 valence electrons. The lowest BCUT2D eigenvalue weighted by atomic mass is 10.0. The van der Waals surface area contributed by atoms with Crippen LogP contribution < -0.4 is 22.2 Å². The van der Waals surface area contributed by atoms with Crippen molar-refractivity contribution in [2.24, 2.45) is 17.4 Å². The fraction of sp³-hybridized carbons (Fsp3) is 0.800. The Morgan fingerprint density at radius 1 is 1.21 bits per heavy atom. The number of amides is 2. The molecule has 0 aliphatic heterocycles. The number of likely N-dealkylation sites (N-methyl/N-ethyl adjacent to an activating group) is 1. The second-order valence-corrected chi connectivity index (χ2v) is 6.42. The quantitative estimate of drug-likeness (QED) is 0.225. The average Bonchev–Trinajstić information content (AvgIpc) is 2.41. The number of hydrogen-bond acceptors (Lipinski definition) is 6. The van der Waals surface area contributed by atoms with Crippen molar-refractivity contribution in [3.63, 3.8) is 0 Å². The normalized spacial score (nSPS) is 13.6. The Morgan fingerprint density at radius 2 is 1.83 bits per heavy atom. The Hall–Kier alpha value is -1.71. The Morgan fingerprint density at radius 3 is 2.38 bits per heavy atom. The fourth-order valence-electron chi connectivity index (χ4n) is 2.16. The first kappa shape index (κ1) is 22.3. The number of nitrogens with two attached hydrogens (primary N) is 2. The van der Waals surface area contributed by atoms with Crippen molar-refractivity contribution < 1.29 is 19.5 Å². The van der Waals surface area contributed by atoms with Crippen LogP contribution in [0.25, 0.3) is 0 Å². The first-order valence-electron chi connectivity index (χ1n) is 8.13. The second-order valence-electron chi connectivity index (χ2n) is 6.42. The van der Waals surface area contributed by atoms with Gasteiger partial charge in [0.05, 0.1) is 6.04 Å². The van der Waals surface area contributed by atoms with Crippen molar-refractivity contribution >= 4 is 17.8 Å². The van der Waals surface area contributed by atoms with E-state index in [2.05, 4.69) is 10.7 Å². The molecule has 0 spiro atoms. The fourth-order valence-corrected chi connectivity index (χ4v) is 2.16. The van der Waals surface area contributed by atoms with Crippen LogP contribution in [0.5, 0.6) is 0 Å². The summed E-state index contributed by atoms with van der Waals surface area (Å²) < 4.78 is 0. The van der Waals surface area contributed by atoms with Gasteiger partial charge in [-0.1, -0.05) is 13.8 Å². The number of nitrogens with one attached hydrogen (secondary N) is 2. The molecule has 0 aliphatic carbocycles. The molecule has 0 saturated heterocycles. The van der Waals surface area contributed by atoms with Crippen LogP contribution in [0.4, 0.5) is 0 Å². The molecule has 0 aliphatic rings. The average molecular weight is 345 g/mol. The third-order valence-electron chi connectivity index (χ3n) is 3.25. The zero-order valence-corrected chi connectivity index (χ0v) is 14.7. The maximum atomic E-state index is 11.7. The molecule has 0 aromatic carbocycles. The second kappa shape index (κ2) is 11.8. The molecule has 0 bridgehead atoms. The monoisotopic (exact) mass is 345 g/mol. The van der Waals surface area contributed by atoms with Crippen molar-refractivity contribution in [3.05, 3.63) is 0 Å². The number of carboxylic acids is 1. The Labute approximate surface area is 143 Å². The van der Waals surface area contributed by atoms with E-state index in [1.54, 1.807) is 0 Å². The number of aliphatic carboxylic acids is 1. The minimum absolute atomic E-state index is 0.0881. The van der Waals surface area contributed by atoms with Crippen LogP contribution in [0.15, 0.2) is 0 Å². The molecule has 0 fully saturated rings. The molecule has 0 aromatic rings. The molecule has 0 rings (SSSR count). The standard InChI is InChI=1S/C15H31N5O4/c1-10(2)7-12(17)15(24)18-6-4-5-11(16)8-13(21)19-20(3)9-14(22)23/h10-12H,4-9,16-17H2,1-3H3,(H,18,24)(H,19,21)(H,22,23). The molecule has 0 radical (unpaired) electrons. The lowest BCUT2D eigenvalue weighted by molar-refractivity contribution is -0.139. The van der Waals surface area contributed by atoms with E-state index in [0.717, 1.165) is 0 Å². The summed E-state index contributed by atoms with van der Waals surface area (Å²) in [6.45, 7) is 4.18. The number of hydrazine groups is 1. The Bertz CT molecular complexity index is 417. The van der Waals surface area contributed by atoms with Gasteiger partial charge < -0.3 is 21.9 Å². The highest BCUT2D eigenvalue weighted by molar-refractivity contribution is 5.81. The number of carboxylic acid groups (broad SMARTS) is 1. The molecule has 2 amide bonds. The summed E-state index contributed by atoms with van der Waals surface area (Å²) in [5.74, 6) is -1.19. The van der Waals surface area contributed by atoms with Crippen molar-refractivity contribution in [3.8, 4) is 0 Å². The van der Waals surface area contributed by atoms with E-state index in [4.69, 9.17) is 16.6 Å². The molecule has 0 saturated carbocycles. The van der Waals surface area contributed by atoms with E-state index in [-0.39, 0.29) is 30.8 Å². The number of carbonyl (C=O) groups excluding carboxylic acids is 2. The van der Waals surface area contributed by atoms with Gasteiger partial charge in [0.15, 0.2) is 0 Å². The summed E-state index contributed by atoms with van der Waals surface area (Å²) in [5.41, 5.74) is 14.1. The van der Waals surface area contributed by atoms with Gasteiger partial charge in [-0.05, 0) is 25.2 Å². The summed E-state index contributed by atoms with van der Waals surface area (Å²) in [6.07, 6.45) is 1.93. The van der Waals surface area contributed by atoms with Crippen LogP contribution in [0, 0.1) is 5.92 Å². The van der Waals surface area contributed by atoms with E-state index >= 15 is 0 Å². The maximum absolute atomic E-state index is 11.7. The van der Waals surface area contributed by atoms with Gasteiger partial charge in [-0.2, -0.15) is 0 Å². The van der Waals surface area contributed by atoms with Crippen LogP contribution in [0.1, 0.15) is 39.5 Å². The van der Waals surface area contributed by atoms with Gasteiger partial charge in [-0.3, -0.25) is 19.8 Å². The summed E-state index contributed by atoms with van der Waals surface area (Å²) in [4.78, 5) is 33.9. The van der Waals surface area contributed by atoms with Gasteiger partial charge in [0.1, 0.15) is 6.54 Å². The van der Waals surface area contributed by atoms with E-state index in [1.807, 2.05) is 13.8 Å². The predicted octanol–water partition coefficient (Wildman–Crippen LogP) is -0.979. The number of rotatable bonds is 12. The lowest BCUT2D eigenvalue weighted by Gasteiger charge is -2.18. The van der Waals surface area contributed by atoms with Gasteiger partial charge in [-0.25, -0.2) is 5.01 Å². The van der Waals surface area contributed by atoms with Gasteiger partial charge in [0.2, 0.25) is 11.8 Å². The zero-order valence-electron chi connectivity index (χ0n) is 14.7. The summed E-state index contributed by atoms with van der Waals surface area (Å²) in [6, 6.07) is -0.862. The zero-order chi connectivity index (χ0) is 18.7. The SMILES string of the molecule is CC(C)CC(N)C(=O)NCCCC(N)CC(=O)NN(C)CC(=O)O. The van der Waals surface area contributed by atoms with Gasteiger partial charge >= 0.3 is 5.97 Å². The smallest absolute Gasteiger partial charge is 0.319 e. The largest absolute Gasteiger partial charge is 0.480 e. The minimum atomic E-state index is -1.03. The highest BCUT2D eigenvalue weighted by Crippen LogP contribution is 2.03. The number of nitrogens with zero attached hydrogens (tertiary/aromatic N) is 1. The molecule has 24 heavy (non-hydrogen) atoms. The van der Waals surface area contributed by atoms with E-state index in [9.17, 15) is 14.4 Å². The van der Waals surface area contributed by atoms with Gasteiger partial charge in [0.25, 0.3) is 0 Å². The topological polar surface area (TPSA) is 151 Å². The van der Waals surface area contributed by atoms with Gasteiger partial charge in [0, 0.05) is 26.1 Å². The molecular weight excluding hydrogens is 314 g/mol. The van der Waals surface area contributed by atoms with Crippen molar-refractivity contribution in [1.82, 2.24) is 15.8 Å². The number of hydrogen-bond donors (Lipinski definition) is 5. The first-order valence-corrected chi connectivity index (χ1v) is 8.13. The number of carbonyl (C=O) groups is 3. The van der Waals surface area contributed by atoms with Crippen molar-refractivity contribution in [2.75, 3.05) is 20.1 Å². The van der Waals surface area contributed by atoms with Crippen LogP contribution in [-0.2, 0) is 14.4 Å². The molecule has 9 nitrogen and oxygen atoms in total. The minimum Gasteiger partial charge on any atom is -0.480 e. The molecule has 0 heterocycles. The summed E-state index contributed by atoms with van der Waals surface area (Å²) in [5, 5.41) is 12.5. The Kier molecular flexibility index (Phi) is 10.9.